The van der Waals surface area contributed by atoms with Crippen molar-refractivity contribution in [2.45, 2.75) is 38.2 Å². The van der Waals surface area contributed by atoms with Crippen LogP contribution in [0.25, 0.3) is 27.8 Å². The largest absolute Gasteiger partial charge is 0.490 e. The van der Waals surface area contributed by atoms with Crippen molar-refractivity contribution in [1.29, 1.82) is 0 Å². The Balaban J connectivity index is 0.000000381. The van der Waals surface area contributed by atoms with Gasteiger partial charge >= 0.3 is 24.3 Å². The van der Waals surface area contributed by atoms with Gasteiger partial charge in [0, 0.05) is 35.4 Å². The van der Waals surface area contributed by atoms with E-state index in [0.717, 1.165) is 53.7 Å². The monoisotopic (exact) mass is 747 g/mol. The van der Waals surface area contributed by atoms with E-state index in [2.05, 4.69) is 31.4 Å². The number of nitrogens with one attached hydrogen (secondary N) is 2. The first-order valence-electron chi connectivity index (χ1n) is 15.5. The molecule has 6 rings (SSSR count). The number of carbonyl (C=O) groups is 3. The third-order valence-corrected chi connectivity index (χ3v) is 7.78. The highest BCUT2D eigenvalue weighted by molar-refractivity contribution is 6.04. The highest BCUT2D eigenvalue weighted by Crippen LogP contribution is 2.36. The lowest BCUT2D eigenvalue weighted by molar-refractivity contribution is -0.193. The Hall–Kier alpha value is -6.24. The minimum absolute atomic E-state index is 0.0668. The summed E-state index contributed by atoms with van der Waals surface area (Å²) in [4.78, 5) is 52.7. The molecule has 0 aliphatic carbocycles. The normalized spacial score (nSPS) is 13.3. The lowest BCUT2D eigenvalue weighted by Gasteiger charge is -2.24. The molecule has 0 spiro atoms. The molecule has 0 unspecified atom stereocenters. The van der Waals surface area contributed by atoms with Crippen molar-refractivity contribution in [2.75, 3.05) is 24.1 Å². The van der Waals surface area contributed by atoms with Crippen LogP contribution in [0.3, 0.4) is 0 Å². The van der Waals surface area contributed by atoms with Crippen molar-refractivity contribution in [3.63, 3.8) is 0 Å². The molecule has 13 nitrogen and oxygen atoms in total. The van der Waals surface area contributed by atoms with Gasteiger partial charge in [0.25, 0.3) is 11.5 Å². The number of anilines is 2. The van der Waals surface area contributed by atoms with Crippen molar-refractivity contribution in [2.24, 2.45) is 0 Å². The van der Waals surface area contributed by atoms with Gasteiger partial charge in [0.05, 0.1) is 5.39 Å². The van der Waals surface area contributed by atoms with Crippen molar-refractivity contribution in [1.82, 2.24) is 24.4 Å². The van der Waals surface area contributed by atoms with Crippen LogP contribution in [-0.4, -0.2) is 72.6 Å². The van der Waals surface area contributed by atoms with E-state index in [1.54, 1.807) is 12.3 Å². The Morgan fingerprint density at radius 1 is 0.887 bits per heavy atom. The number of carboxylic acids is 2. The minimum Gasteiger partial charge on any atom is -0.475 e. The second kappa shape index (κ2) is 16.4. The van der Waals surface area contributed by atoms with Crippen LogP contribution >= 0.6 is 0 Å². The average molecular weight is 748 g/mol. The first kappa shape index (κ1) is 39.5. The van der Waals surface area contributed by atoms with Crippen molar-refractivity contribution < 1.29 is 50.9 Å². The number of amides is 1. The maximum absolute atomic E-state index is 13.1. The molecule has 0 saturated carbocycles. The van der Waals surface area contributed by atoms with Gasteiger partial charge in [-0.15, -0.1) is 0 Å². The molecule has 1 aliphatic rings. The fourth-order valence-corrected chi connectivity index (χ4v) is 5.20. The standard InChI is InChI=1S/C30H29N7O2.2C2HF3O2/c1-19-4-10-22(11-5-19)36-16-2-3-24(30(36)39)29(38)35-21-8-6-20(7-9-21)25-17-37(23-12-14-32-15-13-23)28-26(25)27(31)33-18-34-28;2*3-2(4,5)1(6)7/h2-11,16-18,23,32H,12-15H2,1H3,(H,35,38)(H2,31,33,34);2*(H,6,7). The summed E-state index contributed by atoms with van der Waals surface area (Å²) in [5.74, 6) is -5.54. The molecular weight excluding hydrogens is 716 g/mol. The maximum atomic E-state index is 13.1. The average Bonchev–Trinajstić information content (AvgIpc) is 3.50. The minimum atomic E-state index is -5.08. The molecular formula is C34H31F6N7O6. The van der Waals surface area contributed by atoms with Crippen LogP contribution in [-0.2, 0) is 9.59 Å². The van der Waals surface area contributed by atoms with E-state index in [9.17, 15) is 35.9 Å². The van der Waals surface area contributed by atoms with Gasteiger partial charge in [-0.05, 0) is 74.8 Å². The fourth-order valence-electron chi connectivity index (χ4n) is 5.20. The number of fused-ring (bicyclic) bond motifs is 1. The number of hydrogen-bond donors (Lipinski definition) is 5. The fraction of sp³-hybridized carbons (Fsp3) is 0.235. The van der Waals surface area contributed by atoms with E-state index in [1.807, 2.05) is 55.5 Å². The molecule has 0 bridgehead atoms. The van der Waals surface area contributed by atoms with Crippen LogP contribution in [0.5, 0.6) is 0 Å². The number of aliphatic carboxylic acids is 2. The Kier molecular flexibility index (Phi) is 12.2. The van der Waals surface area contributed by atoms with Crippen LogP contribution in [0.2, 0.25) is 0 Å². The van der Waals surface area contributed by atoms with E-state index in [-0.39, 0.29) is 11.1 Å². The van der Waals surface area contributed by atoms with Crippen molar-refractivity contribution >= 4 is 40.4 Å². The summed E-state index contributed by atoms with van der Waals surface area (Å²) in [6.07, 6.45) is -2.86. The highest BCUT2D eigenvalue weighted by Gasteiger charge is 2.39. The first-order chi connectivity index (χ1) is 24.9. The molecule has 19 heteroatoms. The van der Waals surface area contributed by atoms with Gasteiger partial charge in [-0.25, -0.2) is 19.6 Å². The summed E-state index contributed by atoms with van der Waals surface area (Å²) in [5.41, 5.74) is 11.1. The zero-order valence-corrected chi connectivity index (χ0v) is 27.6. The number of aromatic nitrogens is 4. The number of hydrogen-bond acceptors (Lipinski definition) is 8. The maximum Gasteiger partial charge on any atom is 0.490 e. The molecule has 280 valence electrons. The number of alkyl halides is 6. The number of aryl methyl sites for hydroxylation is 1. The summed E-state index contributed by atoms with van der Waals surface area (Å²) in [6, 6.07) is 18.7. The number of nitrogen functional groups attached to an aromatic ring is 1. The SMILES string of the molecule is Cc1ccc(-n2cccc(C(=O)Nc3ccc(-c4cn(C5CCNCC5)c5ncnc(N)c45)cc3)c2=O)cc1.O=C(O)C(F)(F)F.O=C(O)C(F)(F)F. The van der Waals surface area contributed by atoms with Gasteiger partial charge in [-0.3, -0.25) is 14.2 Å². The predicted octanol–water partition coefficient (Wildman–Crippen LogP) is 5.58. The topological polar surface area (TPSA) is 194 Å². The van der Waals surface area contributed by atoms with E-state index in [1.165, 1.54) is 17.0 Å². The number of pyridine rings is 1. The number of halogens is 6. The molecule has 6 N–H and O–H groups in total. The predicted molar refractivity (Wildman–Crippen MR) is 181 cm³/mol. The number of rotatable bonds is 5. The van der Waals surface area contributed by atoms with E-state index in [0.29, 0.717) is 23.2 Å². The third kappa shape index (κ3) is 9.97. The first-order valence-corrected chi connectivity index (χ1v) is 15.5. The van der Waals surface area contributed by atoms with Crippen LogP contribution in [0.15, 0.2) is 84.2 Å². The van der Waals surface area contributed by atoms with Crippen LogP contribution in [0, 0.1) is 6.92 Å². The lowest BCUT2D eigenvalue weighted by atomic mass is 10.1. The smallest absolute Gasteiger partial charge is 0.475 e. The Bertz CT molecular complexity index is 2120. The van der Waals surface area contributed by atoms with Gasteiger partial charge in [0.15, 0.2) is 0 Å². The summed E-state index contributed by atoms with van der Waals surface area (Å²) in [5, 5.41) is 21.3. The van der Waals surface area contributed by atoms with E-state index in [4.69, 9.17) is 25.5 Å². The summed E-state index contributed by atoms with van der Waals surface area (Å²) < 4.78 is 67.2. The third-order valence-electron chi connectivity index (χ3n) is 7.78. The number of nitrogens with two attached hydrogens (primary N) is 1. The summed E-state index contributed by atoms with van der Waals surface area (Å²) in [7, 11) is 0. The van der Waals surface area contributed by atoms with Gasteiger partial charge < -0.3 is 31.1 Å². The Morgan fingerprint density at radius 2 is 1.45 bits per heavy atom. The quantitative estimate of drug-likeness (QED) is 0.142. The number of piperidine rings is 1. The zero-order chi connectivity index (χ0) is 39.1. The molecule has 0 atom stereocenters. The molecule has 1 aliphatic heterocycles. The molecule has 1 saturated heterocycles. The summed E-state index contributed by atoms with van der Waals surface area (Å²) in [6.45, 7) is 3.91. The van der Waals surface area contributed by atoms with Gasteiger partial charge in [-0.2, -0.15) is 26.3 Å². The lowest BCUT2D eigenvalue weighted by Crippen LogP contribution is -2.29. The van der Waals surface area contributed by atoms with Crippen LogP contribution in [0.1, 0.15) is 34.8 Å². The van der Waals surface area contributed by atoms with Gasteiger partial charge in [0.1, 0.15) is 23.4 Å². The Morgan fingerprint density at radius 3 is 2.00 bits per heavy atom. The number of benzene rings is 2. The van der Waals surface area contributed by atoms with E-state index >= 15 is 0 Å². The molecule has 5 aromatic rings. The van der Waals surface area contributed by atoms with Gasteiger partial charge in [-0.1, -0.05) is 29.8 Å². The molecule has 4 heterocycles. The number of nitrogens with zero attached hydrogens (tertiary/aromatic N) is 4. The zero-order valence-electron chi connectivity index (χ0n) is 27.6. The Labute approximate surface area is 295 Å². The van der Waals surface area contributed by atoms with Gasteiger partial charge in [0.2, 0.25) is 0 Å². The van der Waals surface area contributed by atoms with Crippen molar-refractivity contribution in [3.05, 3.63) is 101 Å². The molecule has 1 fully saturated rings. The second-order valence-corrected chi connectivity index (χ2v) is 11.5. The second-order valence-electron chi connectivity index (χ2n) is 11.5. The molecule has 1 amide bonds. The number of carbonyl (C=O) groups excluding carboxylic acids is 1. The molecule has 0 radical (unpaired) electrons. The van der Waals surface area contributed by atoms with Crippen LogP contribution < -0.4 is 21.9 Å². The molecule has 3 aromatic heterocycles. The number of carboxylic acid groups (broad SMARTS) is 2. The summed E-state index contributed by atoms with van der Waals surface area (Å²) >= 11 is 0. The van der Waals surface area contributed by atoms with E-state index < -0.39 is 30.2 Å². The molecule has 53 heavy (non-hydrogen) atoms. The molecule has 2 aromatic carbocycles. The van der Waals surface area contributed by atoms with Crippen LogP contribution in [0.4, 0.5) is 37.8 Å². The van der Waals surface area contributed by atoms with Crippen molar-refractivity contribution in [3.8, 4) is 16.8 Å². The highest BCUT2D eigenvalue weighted by atomic mass is 19.4.